The number of nitrogens with one attached hydrogen (secondary N) is 1. The van der Waals surface area contributed by atoms with E-state index in [2.05, 4.69) is 14.9 Å². The Morgan fingerprint density at radius 1 is 1.31 bits per heavy atom. The molecule has 4 rings (SSSR count). The van der Waals surface area contributed by atoms with Crippen LogP contribution in [0.4, 0.5) is 0 Å². The maximum Gasteiger partial charge on any atom is 0.268 e. The highest BCUT2D eigenvalue weighted by molar-refractivity contribution is 7.08. The first-order valence-corrected chi connectivity index (χ1v) is 9.32. The Hall–Kier alpha value is -2.87. The van der Waals surface area contributed by atoms with E-state index in [9.17, 15) is 9.59 Å². The molecule has 0 radical (unpaired) electrons. The lowest BCUT2D eigenvalue weighted by Crippen LogP contribution is -2.38. The zero-order chi connectivity index (χ0) is 18.1. The second-order valence-electron chi connectivity index (χ2n) is 6.27. The van der Waals surface area contributed by atoms with Crippen molar-refractivity contribution in [3.05, 3.63) is 64.1 Å². The quantitative estimate of drug-likeness (QED) is 0.763. The van der Waals surface area contributed by atoms with Crippen LogP contribution >= 0.6 is 11.3 Å². The molecule has 3 aromatic heterocycles. The second-order valence-corrected chi connectivity index (χ2v) is 7.05. The van der Waals surface area contributed by atoms with E-state index in [4.69, 9.17) is 0 Å². The topological polar surface area (TPSA) is 72.2 Å². The molecule has 0 atom stereocenters. The molecule has 0 unspecified atom stereocenters. The van der Waals surface area contributed by atoms with Crippen LogP contribution in [0, 0.1) is 0 Å². The minimum Gasteiger partial charge on any atom is -0.347 e. The minimum atomic E-state index is -0.127. The Morgan fingerprint density at radius 3 is 2.92 bits per heavy atom. The van der Waals surface area contributed by atoms with Crippen LogP contribution < -0.4 is 5.32 Å². The lowest BCUT2D eigenvalue weighted by atomic mass is 10.2. The van der Waals surface area contributed by atoms with Gasteiger partial charge in [-0.05, 0) is 23.6 Å². The smallest absolute Gasteiger partial charge is 0.268 e. The molecule has 26 heavy (non-hydrogen) atoms. The van der Waals surface area contributed by atoms with Crippen LogP contribution in [0.1, 0.15) is 32.4 Å². The highest BCUT2D eigenvalue weighted by Crippen LogP contribution is 2.17. The van der Waals surface area contributed by atoms with Crippen molar-refractivity contribution >= 4 is 23.2 Å². The molecule has 2 amide bonds. The van der Waals surface area contributed by atoms with Crippen molar-refractivity contribution in [3.63, 3.8) is 0 Å². The Kier molecular flexibility index (Phi) is 4.34. The summed E-state index contributed by atoms with van der Waals surface area (Å²) in [5.74, 6) is 0.764. The number of aryl methyl sites for hydroxylation is 1. The molecule has 8 heteroatoms. The van der Waals surface area contributed by atoms with Gasteiger partial charge in [-0.25, -0.2) is 4.98 Å². The van der Waals surface area contributed by atoms with Gasteiger partial charge in [-0.2, -0.15) is 11.3 Å². The highest BCUT2D eigenvalue weighted by atomic mass is 32.1. The summed E-state index contributed by atoms with van der Waals surface area (Å²) in [5.41, 5.74) is 2.14. The molecule has 0 saturated carbocycles. The van der Waals surface area contributed by atoms with Crippen molar-refractivity contribution in [1.82, 2.24) is 24.3 Å². The lowest BCUT2D eigenvalue weighted by molar-refractivity contribution is 0.0708. The summed E-state index contributed by atoms with van der Waals surface area (Å²) < 4.78 is 3.84. The van der Waals surface area contributed by atoms with E-state index in [0.717, 1.165) is 17.1 Å². The van der Waals surface area contributed by atoms with Gasteiger partial charge in [-0.1, -0.05) is 0 Å². The molecule has 1 aliphatic rings. The first kappa shape index (κ1) is 16.6. The minimum absolute atomic E-state index is 0.0408. The van der Waals surface area contributed by atoms with Crippen molar-refractivity contribution in [1.29, 1.82) is 0 Å². The van der Waals surface area contributed by atoms with Crippen molar-refractivity contribution in [2.24, 2.45) is 7.05 Å². The number of imidazole rings is 1. The number of carbonyl (C=O) groups is 2. The van der Waals surface area contributed by atoms with Crippen LogP contribution in [0.2, 0.25) is 0 Å². The normalized spacial score (nSPS) is 13.5. The van der Waals surface area contributed by atoms with Gasteiger partial charge in [0.05, 0.1) is 24.3 Å². The number of nitrogens with zero attached hydrogens (tertiary/aromatic N) is 4. The summed E-state index contributed by atoms with van der Waals surface area (Å²) in [4.78, 5) is 31.1. The Morgan fingerprint density at radius 2 is 2.19 bits per heavy atom. The van der Waals surface area contributed by atoms with Gasteiger partial charge in [0.25, 0.3) is 11.8 Å². The molecule has 4 heterocycles. The highest BCUT2D eigenvalue weighted by Gasteiger charge is 2.23. The SMILES string of the molecule is Cn1cccc1C(=O)NCc1cn2c(n1)CN(C(=O)c1ccsc1)CC2. The number of amides is 2. The average molecular weight is 369 g/mol. The third kappa shape index (κ3) is 3.15. The molecule has 1 N–H and O–H groups in total. The van der Waals surface area contributed by atoms with Crippen LogP contribution in [0.25, 0.3) is 0 Å². The third-order valence-electron chi connectivity index (χ3n) is 4.51. The molecular formula is C18H19N5O2S. The fourth-order valence-electron chi connectivity index (χ4n) is 3.10. The first-order valence-electron chi connectivity index (χ1n) is 8.38. The van der Waals surface area contributed by atoms with Crippen LogP contribution in [-0.2, 0) is 26.7 Å². The van der Waals surface area contributed by atoms with Gasteiger partial charge in [-0.15, -0.1) is 0 Å². The van der Waals surface area contributed by atoms with Gasteiger partial charge in [0.1, 0.15) is 11.5 Å². The van der Waals surface area contributed by atoms with Gasteiger partial charge in [0.2, 0.25) is 0 Å². The molecule has 0 bridgehead atoms. The summed E-state index contributed by atoms with van der Waals surface area (Å²) in [7, 11) is 1.84. The second kappa shape index (κ2) is 6.80. The van der Waals surface area contributed by atoms with Gasteiger partial charge in [-0.3, -0.25) is 9.59 Å². The standard InChI is InChI=1S/C18H19N5O2S/c1-21-5-2-3-15(21)17(24)19-9-14-10-22-6-7-23(11-16(22)20-14)18(25)13-4-8-26-12-13/h2-5,8,10,12H,6-7,9,11H2,1H3,(H,19,24). The van der Waals surface area contributed by atoms with Crippen LogP contribution in [0.3, 0.4) is 0 Å². The van der Waals surface area contributed by atoms with Gasteiger partial charge in [0.15, 0.2) is 0 Å². The predicted molar refractivity (Wildman–Crippen MR) is 97.9 cm³/mol. The molecule has 0 aliphatic carbocycles. The molecule has 0 spiro atoms. The number of hydrogen-bond donors (Lipinski definition) is 1. The maximum absolute atomic E-state index is 12.5. The molecule has 1 aliphatic heterocycles. The molecule has 7 nitrogen and oxygen atoms in total. The van der Waals surface area contributed by atoms with Crippen LogP contribution in [-0.4, -0.2) is 37.4 Å². The van der Waals surface area contributed by atoms with E-state index in [-0.39, 0.29) is 11.8 Å². The Labute approximate surface area is 154 Å². The number of thiophene rings is 1. The van der Waals surface area contributed by atoms with E-state index < -0.39 is 0 Å². The van der Waals surface area contributed by atoms with E-state index in [0.29, 0.717) is 31.9 Å². The molecular weight excluding hydrogens is 350 g/mol. The van der Waals surface area contributed by atoms with Gasteiger partial charge in [0, 0.05) is 37.9 Å². The van der Waals surface area contributed by atoms with Gasteiger partial charge < -0.3 is 19.4 Å². The molecule has 0 fully saturated rings. The van der Waals surface area contributed by atoms with Crippen molar-refractivity contribution in [3.8, 4) is 0 Å². The van der Waals surface area contributed by atoms with E-state index >= 15 is 0 Å². The van der Waals surface area contributed by atoms with Crippen molar-refractivity contribution < 1.29 is 9.59 Å². The zero-order valence-electron chi connectivity index (χ0n) is 14.4. The predicted octanol–water partition coefficient (Wildman–Crippen LogP) is 1.87. The summed E-state index contributed by atoms with van der Waals surface area (Å²) in [5, 5.41) is 6.67. The van der Waals surface area contributed by atoms with Crippen molar-refractivity contribution in [2.45, 2.75) is 19.6 Å². The molecule has 0 saturated heterocycles. The Balaban J connectivity index is 1.41. The number of rotatable bonds is 4. The molecule has 134 valence electrons. The van der Waals surface area contributed by atoms with Gasteiger partial charge >= 0.3 is 0 Å². The zero-order valence-corrected chi connectivity index (χ0v) is 15.2. The number of carbonyl (C=O) groups excluding carboxylic acids is 2. The van der Waals surface area contributed by atoms with E-state index in [1.54, 1.807) is 10.6 Å². The summed E-state index contributed by atoms with van der Waals surface area (Å²) in [6.07, 6.45) is 3.79. The van der Waals surface area contributed by atoms with Crippen molar-refractivity contribution in [2.75, 3.05) is 6.54 Å². The number of aromatic nitrogens is 3. The van der Waals surface area contributed by atoms with Crippen LogP contribution in [0.5, 0.6) is 0 Å². The third-order valence-corrected chi connectivity index (χ3v) is 5.20. The average Bonchev–Trinajstić information content (AvgIpc) is 3.38. The Bertz CT molecular complexity index is 941. The largest absolute Gasteiger partial charge is 0.347 e. The van der Waals surface area contributed by atoms with E-state index in [1.807, 2.05) is 47.2 Å². The maximum atomic E-state index is 12.5. The number of fused-ring (bicyclic) bond motifs is 1. The van der Waals surface area contributed by atoms with Crippen LogP contribution in [0.15, 0.2) is 41.4 Å². The lowest BCUT2D eigenvalue weighted by Gasteiger charge is -2.27. The monoisotopic (exact) mass is 369 g/mol. The molecule has 0 aromatic carbocycles. The van der Waals surface area contributed by atoms with E-state index in [1.165, 1.54) is 11.3 Å². The fourth-order valence-corrected chi connectivity index (χ4v) is 3.73. The summed E-state index contributed by atoms with van der Waals surface area (Å²) in [6.45, 7) is 2.22. The fraction of sp³-hybridized carbons (Fsp3) is 0.278. The number of hydrogen-bond acceptors (Lipinski definition) is 4. The molecule has 3 aromatic rings. The summed E-state index contributed by atoms with van der Waals surface area (Å²) in [6, 6.07) is 5.46. The first-order chi connectivity index (χ1) is 12.6. The summed E-state index contributed by atoms with van der Waals surface area (Å²) >= 11 is 1.52.